The van der Waals surface area contributed by atoms with Gasteiger partial charge in [-0.15, -0.1) is 11.8 Å². The fourth-order valence-electron chi connectivity index (χ4n) is 2.29. The van der Waals surface area contributed by atoms with E-state index in [0.29, 0.717) is 5.75 Å². The Bertz CT molecular complexity index is 600. The van der Waals surface area contributed by atoms with Crippen LogP contribution in [0.15, 0.2) is 53.7 Å². The summed E-state index contributed by atoms with van der Waals surface area (Å²) in [4.78, 5) is 5.09. The molecule has 0 fully saturated rings. The van der Waals surface area contributed by atoms with Gasteiger partial charge in [0.25, 0.3) is 0 Å². The van der Waals surface area contributed by atoms with Gasteiger partial charge in [0.2, 0.25) is 0 Å². The van der Waals surface area contributed by atoms with Crippen molar-refractivity contribution in [1.82, 2.24) is 4.98 Å². The van der Waals surface area contributed by atoms with Gasteiger partial charge in [-0.1, -0.05) is 26.8 Å². The van der Waals surface area contributed by atoms with E-state index in [1.807, 2.05) is 12.1 Å². The van der Waals surface area contributed by atoms with Gasteiger partial charge in [-0.25, -0.2) is 4.39 Å². The predicted molar refractivity (Wildman–Crippen MR) is 89.3 cm³/mol. The van der Waals surface area contributed by atoms with Gasteiger partial charge in [0, 0.05) is 28.6 Å². The fourth-order valence-corrected chi connectivity index (χ4v) is 3.55. The van der Waals surface area contributed by atoms with E-state index in [4.69, 9.17) is 0 Å². The zero-order valence-corrected chi connectivity index (χ0v) is 14.0. The number of benzene rings is 1. The van der Waals surface area contributed by atoms with Gasteiger partial charge in [-0.3, -0.25) is 4.98 Å². The number of aliphatic hydroxyl groups is 1. The number of hydrogen-bond donors (Lipinski definition) is 1. The Labute approximate surface area is 135 Å². The van der Waals surface area contributed by atoms with Gasteiger partial charge in [0.15, 0.2) is 0 Å². The highest BCUT2D eigenvalue weighted by Crippen LogP contribution is 2.45. The van der Waals surface area contributed by atoms with Crippen LogP contribution in [0, 0.1) is 11.2 Å². The summed E-state index contributed by atoms with van der Waals surface area (Å²) >= 11 is 1.53. The van der Waals surface area contributed by atoms with E-state index in [9.17, 15) is 9.50 Å². The predicted octanol–water partition coefficient (Wildman–Crippen LogP) is 4.64. The van der Waals surface area contributed by atoms with Gasteiger partial charge in [-0.05, 0) is 42.2 Å². The van der Waals surface area contributed by atoms with Crippen LogP contribution in [-0.4, -0.2) is 15.8 Å². The molecule has 0 aliphatic heterocycles. The van der Waals surface area contributed by atoms with Crippen LogP contribution < -0.4 is 0 Å². The van der Waals surface area contributed by atoms with E-state index in [2.05, 4.69) is 25.8 Å². The first-order chi connectivity index (χ1) is 10.4. The molecular weight excluding hydrogens is 297 g/mol. The molecule has 1 unspecified atom stereocenters. The fraction of sp³-hybridized carbons (Fsp3) is 0.389. The largest absolute Gasteiger partial charge is 0.384 e. The van der Waals surface area contributed by atoms with Crippen LogP contribution in [0.4, 0.5) is 4.39 Å². The van der Waals surface area contributed by atoms with Crippen LogP contribution >= 0.6 is 11.8 Å². The van der Waals surface area contributed by atoms with Crippen molar-refractivity contribution in [2.45, 2.75) is 37.7 Å². The summed E-state index contributed by atoms with van der Waals surface area (Å²) in [7, 11) is 0. The second-order valence-electron chi connectivity index (χ2n) is 6.08. The average molecular weight is 319 g/mol. The number of thioether (sulfide) groups is 1. The molecule has 1 atom stereocenters. The first-order valence-corrected chi connectivity index (χ1v) is 8.39. The molecule has 0 aliphatic rings. The van der Waals surface area contributed by atoms with Gasteiger partial charge in [-0.2, -0.15) is 0 Å². The lowest BCUT2D eigenvalue weighted by Gasteiger charge is -2.42. The molecule has 1 N–H and O–H groups in total. The maximum atomic E-state index is 13.0. The highest BCUT2D eigenvalue weighted by Gasteiger charge is 2.43. The number of halogens is 1. The molecule has 0 saturated heterocycles. The van der Waals surface area contributed by atoms with Crippen molar-refractivity contribution in [1.29, 1.82) is 0 Å². The Balaban J connectivity index is 2.28. The second kappa shape index (κ2) is 6.80. The summed E-state index contributed by atoms with van der Waals surface area (Å²) in [6, 6.07) is 10.1. The van der Waals surface area contributed by atoms with Crippen molar-refractivity contribution in [3.05, 3.63) is 60.2 Å². The standard InChI is InChI=1S/C18H22FNOS/c1-4-17(2,3)18(21,14-6-5-11-20-12-14)13-22-16-9-7-15(19)8-10-16/h5-12,21H,4,13H2,1-3H3. The van der Waals surface area contributed by atoms with E-state index in [0.717, 1.165) is 16.9 Å². The molecule has 22 heavy (non-hydrogen) atoms. The molecule has 2 aromatic rings. The lowest BCUT2D eigenvalue weighted by Crippen LogP contribution is -2.44. The van der Waals surface area contributed by atoms with E-state index in [1.165, 1.54) is 23.9 Å². The molecular formula is C18H22FNOS. The molecule has 0 radical (unpaired) electrons. The highest BCUT2D eigenvalue weighted by atomic mass is 32.2. The summed E-state index contributed by atoms with van der Waals surface area (Å²) in [6.45, 7) is 6.19. The summed E-state index contributed by atoms with van der Waals surface area (Å²) in [5, 5.41) is 11.4. The third kappa shape index (κ3) is 3.50. The van der Waals surface area contributed by atoms with Gasteiger partial charge >= 0.3 is 0 Å². The number of aromatic nitrogens is 1. The second-order valence-corrected chi connectivity index (χ2v) is 7.13. The quantitative estimate of drug-likeness (QED) is 0.788. The lowest BCUT2D eigenvalue weighted by molar-refractivity contribution is -0.0550. The third-order valence-electron chi connectivity index (χ3n) is 4.40. The van der Waals surface area contributed by atoms with Crippen molar-refractivity contribution < 1.29 is 9.50 Å². The minimum Gasteiger partial charge on any atom is -0.384 e. The monoisotopic (exact) mass is 319 g/mol. The Morgan fingerprint density at radius 3 is 2.41 bits per heavy atom. The van der Waals surface area contributed by atoms with Crippen molar-refractivity contribution in [3.8, 4) is 0 Å². The Hall–Kier alpha value is -1.39. The molecule has 2 nitrogen and oxygen atoms in total. The summed E-state index contributed by atoms with van der Waals surface area (Å²) in [6.07, 6.45) is 4.26. The molecule has 0 spiro atoms. The minimum absolute atomic E-state index is 0.249. The molecule has 1 aromatic heterocycles. The molecule has 4 heteroatoms. The lowest BCUT2D eigenvalue weighted by atomic mass is 9.70. The van der Waals surface area contributed by atoms with Gasteiger partial charge in [0.1, 0.15) is 11.4 Å². The molecule has 1 heterocycles. The number of nitrogens with zero attached hydrogens (tertiary/aromatic N) is 1. The average Bonchev–Trinajstić information content (AvgIpc) is 2.54. The van der Waals surface area contributed by atoms with Crippen LogP contribution in [0.1, 0.15) is 32.8 Å². The van der Waals surface area contributed by atoms with Crippen LogP contribution in [0.5, 0.6) is 0 Å². The molecule has 1 aromatic carbocycles. The van der Waals surface area contributed by atoms with E-state index in [-0.39, 0.29) is 11.2 Å². The molecule has 2 rings (SSSR count). The van der Waals surface area contributed by atoms with Crippen LogP contribution in [-0.2, 0) is 5.60 Å². The number of pyridine rings is 1. The van der Waals surface area contributed by atoms with E-state index in [1.54, 1.807) is 24.5 Å². The zero-order valence-electron chi connectivity index (χ0n) is 13.2. The molecule has 118 valence electrons. The van der Waals surface area contributed by atoms with Crippen LogP contribution in [0.2, 0.25) is 0 Å². The summed E-state index contributed by atoms with van der Waals surface area (Å²) in [5.74, 6) is 0.242. The normalized spacial score (nSPS) is 14.6. The Morgan fingerprint density at radius 2 is 1.86 bits per heavy atom. The highest BCUT2D eigenvalue weighted by molar-refractivity contribution is 7.99. The van der Waals surface area contributed by atoms with Crippen molar-refractivity contribution >= 4 is 11.8 Å². The van der Waals surface area contributed by atoms with E-state index < -0.39 is 5.60 Å². The van der Waals surface area contributed by atoms with Gasteiger partial charge in [0.05, 0.1) is 0 Å². The smallest absolute Gasteiger partial charge is 0.123 e. The third-order valence-corrected chi connectivity index (χ3v) is 5.57. The SMILES string of the molecule is CCC(C)(C)C(O)(CSc1ccc(F)cc1)c1cccnc1. The van der Waals surface area contributed by atoms with Crippen molar-refractivity contribution in [2.75, 3.05) is 5.75 Å². The summed E-state index contributed by atoms with van der Waals surface area (Å²) < 4.78 is 13.0. The first-order valence-electron chi connectivity index (χ1n) is 7.40. The number of rotatable bonds is 6. The topological polar surface area (TPSA) is 33.1 Å². The van der Waals surface area contributed by atoms with Crippen LogP contribution in [0.25, 0.3) is 0 Å². The van der Waals surface area contributed by atoms with Crippen LogP contribution in [0.3, 0.4) is 0 Å². The molecule has 0 amide bonds. The molecule has 0 aliphatic carbocycles. The zero-order chi connectivity index (χ0) is 16.2. The first kappa shape index (κ1) is 17.0. The minimum atomic E-state index is -1.00. The van der Waals surface area contributed by atoms with Gasteiger partial charge < -0.3 is 5.11 Å². The van der Waals surface area contributed by atoms with E-state index >= 15 is 0 Å². The number of hydrogen-bond acceptors (Lipinski definition) is 3. The Morgan fingerprint density at radius 1 is 1.18 bits per heavy atom. The molecule has 0 bridgehead atoms. The Kier molecular flexibility index (Phi) is 5.24. The maximum Gasteiger partial charge on any atom is 0.123 e. The van der Waals surface area contributed by atoms with Crippen molar-refractivity contribution in [2.24, 2.45) is 5.41 Å². The molecule has 0 saturated carbocycles. The summed E-state index contributed by atoms with van der Waals surface area (Å²) in [5.41, 5.74) is -0.491. The van der Waals surface area contributed by atoms with Crippen molar-refractivity contribution in [3.63, 3.8) is 0 Å². The maximum absolute atomic E-state index is 13.0.